The van der Waals surface area contributed by atoms with Gasteiger partial charge in [-0.15, -0.1) is 0 Å². The van der Waals surface area contributed by atoms with Gasteiger partial charge in [-0.3, -0.25) is 0 Å². The minimum Gasteiger partial charge on any atom is -0.467 e. The van der Waals surface area contributed by atoms with Crippen molar-refractivity contribution in [1.82, 2.24) is 10.2 Å². The van der Waals surface area contributed by atoms with Crippen LogP contribution in [0.4, 0.5) is 9.18 Å². The van der Waals surface area contributed by atoms with Gasteiger partial charge in [0.1, 0.15) is 22.2 Å². The van der Waals surface area contributed by atoms with E-state index in [4.69, 9.17) is 8.60 Å². The highest BCUT2D eigenvalue weighted by atomic mass is 32.2. The molecule has 2 aromatic carbocycles. The van der Waals surface area contributed by atoms with Crippen molar-refractivity contribution >= 4 is 16.1 Å². The van der Waals surface area contributed by atoms with Gasteiger partial charge in [0.25, 0.3) is 0 Å². The molecule has 0 fully saturated rings. The highest BCUT2D eigenvalue weighted by Crippen LogP contribution is 2.21. The van der Waals surface area contributed by atoms with Crippen molar-refractivity contribution in [3.05, 3.63) is 84.1 Å². The molecule has 0 unspecified atom stereocenters. The number of hydrogen-bond acceptors (Lipinski definition) is 5. The van der Waals surface area contributed by atoms with Crippen LogP contribution < -0.4 is 9.50 Å². The summed E-state index contributed by atoms with van der Waals surface area (Å²) >= 11 is 0. The number of amides is 2. The number of rotatable bonds is 8. The fourth-order valence-electron chi connectivity index (χ4n) is 2.82. The van der Waals surface area contributed by atoms with Gasteiger partial charge in [-0.25, -0.2) is 9.18 Å². The Morgan fingerprint density at radius 2 is 1.84 bits per heavy atom. The Morgan fingerprint density at radius 1 is 1.10 bits per heavy atom. The van der Waals surface area contributed by atoms with Crippen molar-refractivity contribution in [2.45, 2.75) is 37.9 Å². The van der Waals surface area contributed by atoms with Crippen LogP contribution in [0.1, 0.15) is 25.2 Å². The van der Waals surface area contributed by atoms with Crippen LogP contribution in [-0.4, -0.2) is 25.4 Å². The predicted molar refractivity (Wildman–Crippen MR) is 112 cm³/mol. The molecular weight excluding hydrogens is 423 g/mol. The fraction of sp³-hybridized carbons (Fsp3) is 0.227. The van der Waals surface area contributed by atoms with Crippen molar-refractivity contribution in [2.24, 2.45) is 0 Å². The van der Waals surface area contributed by atoms with E-state index in [1.165, 1.54) is 12.3 Å². The van der Waals surface area contributed by atoms with E-state index in [0.29, 0.717) is 11.3 Å². The maximum atomic E-state index is 13.1. The van der Waals surface area contributed by atoms with Gasteiger partial charge in [-0.2, -0.15) is 8.42 Å². The van der Waals surface area contributed by atoms with Crippen molar-refractivity contribution in [3.8, 4) is 5.75 Å². The molecule has 1 N–H and O–H groups in total. The Bertz CT molecular complexity index is 1110. The van der Waals surface area contributed by atoms with Crippen LogP contribution >= 0.6 is 0 Å². The zero-order valence-corrected chi connectivity index (χ0v) is 17.9. The summed E-state index contributed by atoms with van der Waals surface area (Å²) < 4.78 is 48.5. The molecule has 7 nitrogen and oxygen atoms in total. The first-order valence-corrected chi connectivity index (χ1v) is 11.0. The lowest BCUT2D eigenvalue weighted by Crippen LogP contribution is -2.42. The molecule has 0 bridgehead atoms. The number of furan rings is 1. The second kappa shape index (κ2) is 9.65. The summed E-state index contributed by atoms with van der Waals surface area (Å²) in [4.78, 5) is 14.0. The number of hydrogen-bond donors (Lipinski definition) is 1. The van der Waals surface area contributed by atoms with Crippen molar-refractivity contribution in [3.63, 3.8) is 0 Å². The molecule has 0 spiro atoms. The zero-order valence-electron chi connectivity index (χ0n) is 17.1. The lowest BCUT2D eigenvalue weighted by Gasteiger charge is -2.24. The van der Waals surface area contributed by atoms with Gasteiger partial charge >= 0.3 is 16.1 Å². The largest absolute Gasteiger partial charge is 0.467 e. The molecule has 9 heteroatoms. The molecule has 0 aliphatic rings. The quantitative estimate of drug-likeness (QED) is 0.521. The Balaban J connectivity index is 1.78. The maximum Gasteiger partial charge on any atom is 0.339 e. The van der Waals surface area contributed by atoms with Crippen LogP contribution in [0.25, 0.3) is 0 Å². The number of carbonyl (C=O) groups is 1. The standard InChI is InChI=1S/C22H23FN2O5S/c1-16(2)24-22(26)25(15-20-7-4-12-29-20)14-17-5-3-6-19(13-17)30-31(27,28)21-10-8-18(23)9-11-21/h3-13,16H,14-15H2,1-2H3,(H,24,26). The predicted octanol–water partition coefficient (Wildman–Crippen LogP) is 4.31. The Morgan fingerprint density at radius 3 is 2.48 bits per heavy atom. The molecule has 0 saturated carbocycles. The SMILES string of the molecule is CC(C)NC(=O)N(Cc1cccc(OS(=O)(=O)c2ccc(F)cc2)c1)Cc1ccco1. The van der Waals surface area contributed by atoms with E-state index in [2.05, 4.69) is 5.32 Å². The molecular formula is C22H23FN2O5S. The van der Waals surface area contributed by atoms with E-state index >= 15 is 0 Å². The van der Waals surface area contributed by atoms with E-state index in [9.17, 15) is 17.6 Å². The lowest BCUT2D eigenvalue weighted by atomic mass is 10.2. The number of nitrogens with one attached hydrogen (secondary N) is 1. The molecule has 0 radical (unpaired) electrons. The summed E-state index contributed by atoms with van der Waals surface area (Å²) in [5.74, 6) is 0.159. The van der Waals surface area contributed by atoms with E-state index in [-0.39, 0.29) is 35.8 Å². The molecule has 0 saturated heterocycles. The van der Waals surface area contributed by atoms with Crippen molar-refractivity contribution in [1.29, 1.82) is 0 Å². The third-order valence-corrected chi connectivity index (χ3v) is 5.47. The van der Waals surface area contributed by atoms with Gasteiger partial charge in [0, 0.05) is 12.6 Å². The second-order valence-corrected chi connectivity index (χ2v) is 8.72. The van der Waals surface area contributed by atoms with Gasteiger partial charge in [-0.05, 0) is 67.9 Å². The summed E-state index contributed by atoms with van der Waals surface area (Å²) in [7, 11) is -4.12. The molecule has 0 atom stereocenters. The third-order valence-electron chi connectivity index (χ3n) is 4.21. The van der Waals surface area contributed by atoms with Crippen LogP contribution in [0.15, 0.2) is 76.2 Å². The fourth-order valence-corrected chi connectivity index (χ4v) is 3.74. The second-order valence-electron chi connectivity index (χ2n) is 7.18. The molecule has 1 aromatic heterocycles. The molecule has 31 heavy (non-hydrogen) atoms. The van der Waals surface area contributed by atoms with Gasteiger partial charge in [0.2, 0.25) is 0 Å². The first kappa shape index (κ1) is 22.4. The lowest BCUT2D eigenvalue weighted by molar-refractivity contribution is 0.184. The van der Waals surface area contributed by atoms with E-state index in [1.807, 2.05) is 13.8 Å². The van der Waals surface area contributed by atoms with Gasteiger partial charge in [-0.1, -0.05) is 12.1 Å². The normalized spacial score (nSPS) is 11.4. The van der Waals surface area contributed by atoms with Crippen molar-refractivity contribution in [2.75, 3.05) is 0 Å². The number of carbonyl (C=O) groups excluding carboxylic acids is 1. The molecule has 164 valence electrons. The number of benzene rings is 2. The molecule has 3 rings (SSSR count). The molecule has 0 aliphatic carbocycles. The summed E-state index contributed by atoms with van der Waals surface area (Å²) in [6, 6.07) is 14.0. The molecule has 3 aromatic rings. The Labute approximate surface area is 180 Å². The average molecular weight is 447 g/mol. The first-order chi connectivity index (χ1) is 14.7. The van der Waals surface area contributed by atoms with Crippen LogP contribution in [0.5, 0.6) is 5.75 Å². The van der Waals surface area contributed by atoms with Crippen LogP contribution in [0, 0.1) is 5.82 Å². The van der Waals surface area contributed by atoms with Crippen LogP contribution in [0.3, 0.4) is 0 Å². The Kier molecular flexibility index (Phi) is 6.96. The molecule has 2 amide bonds. The average Bonchev–Trinajstić information content (AvgIpc) is 3.20. The monoisotopic (exact) mass is 446 g/mol. The summed E-state index contributed by atoms with van der Waals surface area (Å²) in [5.41, 5.74) is 0.664. The highest BCUT2D eigenvalue weighted by molar-refractivity contribution is 7.87. The molecule has 0 aliphatic heterocycles. The summed E-state index contributed by atoms with van der Waals surface area (Å²) in [5, 5.41) is 2.84. The minimum absolute atomic E-state index is 0.0536. The van der Waals surface area contributed by atoms with Gasteiger partial charge in [0.15, 0.2) is 0 Å². The van der Waals surface area contributed by atoms with Gasteiger partial charge < -0.3 is 18.8 Å². The van der Waals surface area contributed by atoms with Crippen molar-refractivity contribution < 1.29 is 26.2 Å². The Hall–Kier alpha value is -3.33. The van der Waals surface area contributed by atoms with E-state index in [0.717, 1.165) is 24.3 Å². The van der Waals surface area contributed by atoms with E-state index in [1.54, 1.807) is 35.2 Å². The topological polar surface area (TPSA) is 88.9 Å². The van der Waals surface area contributed by atoms with Crippen LogP contribution in [0.2, 0.25) is 0 Å². The summed E-state index contributed by atoms with van der Waals surface area (Å²) in [6.07, 6.45) is 1.53. The molecule has 1 heterocycles. The number of halogens is 1. The highest BCUT2D eigenvalue weighted by Gasteiger charge is 2.19. The zero-order chi connectivity index (χ0) is 22.4. The minimum atomic E-state index is -4.12. The van der Waals surface area contributed by atoms with Crippen LogP contribution in [-0.2, 0) is 23.2 Å². The first-order valence-electron chi connectivity index (χ1n) is 9.60. The van der Waals surface area contributed by atoms with Gasteiger partial charge in [0.05, 0.1) is 12.8 Å². The number of nitrogens with zero attached hydrogens (tertiary/aromatic N) is 1. The van der Waals surface area contributed by atoms with E-state index < -0.39 is 15.9 Å². The summed E-state index contributed by atoms with van der Waals surface area (Å²) in [6.45, 7) is 4.16. The smallest absolute Gasteiger partial charge is 0.339 e. The third kappa shape index (κ3) is 6.32. The number of urea groups is 1. The maximum absolute atomic E-state index is 13.1.